The largest absolute Gasteiger partial charge is 0.334 e. The highest BCUT2D eigenvalue weighted by molar-refractivity contribution is 7.07. The summed E-state index contributed by atoms with van der Waals surface area (Å²) in [5, 5.41) is 9.52. The van der Waals surface area contributed by atoms with Gasteiger partial charge in [0.2, 0.25) is 0 Å². The van der Waals surface area contributed by atoms with Gasteiger partial charge in [0.15, 0.2) is 0 Å². The van der Waals surface area contributed by atoms with Gasteiger partial charge in [0.25, 0.3) is 5.91 Å². The first-order valence-corrected chi connectivity index (χ1v) is 8.41. The van der Waals surface area contributed by atoms with Crippen molar-refractivity contribution in [2.24, 2.45) is 5.92 Å². The van der Waals surface area contributed by atoms with Crippen LogP contribution in [-0.4, -0.2) is 29.4 Å². The van der Waals surface area contributed by atoms with Gasteiger partial charge in [-0.2, -0.15) is 11.3 Å². The van der Waals surface area contributed by atoms with E-state index in [0.29, 0.717) is 30.3 Å². The van der Waals surface area contributed by atoms with Gasteiger partial charge in [-0.1, -0.05) is 13.8 Å². The van der Waals surface area contributed by atoms with Gasteiger partial charge in [0.05, 0.1) is 11.6 Å². The first-order valence-electron chi connectivity index (χ1n) is 7.47. The standard InChI is InChI=1S/C16H23N3O2S/c1-10(2)7-19(8-13-5-6-22-9-13)15(20)14-11(3)17-16(21)18-12(14)4/h5-6,9-11H,7-8H2,1-4H3,(H2,17,18,21)/t11-/m1/s1. The van der Waals surface area contributed by atoms with Crippen molar-refractivity contribution in [2.75, 3.05) is 6.54 Å². The summed E-state index contributed by atoms with van der Waals surface area (Å²) >= 11 is 1.63. The smallest absolute Gasteiger partial charge is 0.319 e. The summed E-state index contributed by atoms with van der Waals surface area (Å²) in [6.45, 7) is 9.09. The topological polar surface area (TPSA) is 61.4 Å². The molecule has 0 fully saturated rings. The van der Waals surface area contributed by atoms with Crippen LogP contribution in [0, 0.1) is 5.92 Å². The molecule has 0 radical (unpaired) electrons. The average Bonchev–Trinajstić information content (AvgIpc) is 2.88. The monoisotopic (exact) mass is 321 g/mol. The number of nitrogens with zero attached hydrogens (tertiary/aromatic N) is 1. The Hall–Kier alpha value is -1.82. The van der Waals surface area contributed by atoms with Crippen LogP contribution in [0.3, 0.4) is 0 Å². The van der Waals surface area contributed by atoms with Crippen LogP contribution in [0.25, 0.3) is 0 Å². The van der Waals surface area contributed by atoms with Crippen molar-refractivity contribution in [3.8, 4) is 0 Å². The van der Waals surface area contributed by atoms with Crippen molar-refractivity contribution < 1.29 is 9.59 Å². The molecule has 1 aromatic rings. The molecule has 2 heterocycles. The van der Waals surface area contributed by atoms with E-state index in [1.807, 2.05) is 23.3 Å². The predicted molar refractivity (Wildman–Crippen MR) is 88.4 cm³/mol. The van der Waals surface area contributed by atoms with Crippen LogP contribution >= 0.6 is 11.3 Å². The second-order valence-corrected chi connectivity index (χ2v) is 6.85. The second kappa shape index (κ2) is 6.96. The van der Waals surface area contributed by atoms with Crippen LogP contribution in [0.2, 0.25) is 0 Å². The van der Waals surface area contributed by atoms with Crippen molar-refractivity contribution in [2.45, 2.75) is 40.3 Å². The summed E-state index contributed by atoms with van der Waals surface area (Å²) in [5.74, 6) is 0.363. The third-order valence-electron chi connectivity index (χ3n) is 3.54. The molecule has 0 aliphatic carbocycles. The number of rotatable bonds is 5. The van der Waals surface area contributed by atoms with Crippen LogP contribution in [0.4, 0.5) is 4.79 Å². The minimum absolute atomic E-state index is 0.0163. The van der Waals surface area contributed by atoms with Crippen LogP contribution in [-0.2, 0) is 11.3 Å². The zero-order chi connectivity index (χ0) is 16.3. The molecule has 1 aliphatic heterocycles. The summed E-state index contributed by atoms with van der Waals surface area (Å²) in [7, 11) is 0. The van der Waals surface area contributed by atoms with Gasteiger partial charge in [-0.25, -0.2) is 4.79 Å². The lowest BCUT2D eigenvalue weighted by molar-refractivity contribution is -0.128. The van der Waals surface area contributed by atoms with E-state index in [2.05, 4.69) is 29.9 Å². The van der Waals surface area contributed by atoms with Gasteiger partial charge >= 0.3 is 6.03 Å². The second-order valence-electron chi connectivity index (χ2n) is 6.07. The highest BCUT2D eigenvalue weighted by atomic mass is 32.1. The third-order valence-corrected chi connectivity index (χ3v) is 4.27. The van der Waals surface area contributed by atoms with E-state index in [0.717, 1.165) is 5.56 Å². The minimum Gasteiger partial charge on any atom is -0.334 e. The van der Waals surface area contributed by atoms with Gasteiger partial charge < -0.3 is 15.5 Å². The molecule has 1 aromatic heterocycles. The first-order chi connectivity index (χ1) is 10.4. The summed E-state index contributed by atoms with van der Waals surface area (Å²) in [6, 6.07) is 1.50. The quantitative estimate of drug-likeness (QED) is 0.876. The van der Waals surface area contributed by atoms with Crippen molar-refractivity contribution in [3.05, 3.63) is 33.7 Å². The normalized spacial score (nSPS) is 18.2. The maximum absolute atomic E-state index is 13.0. The Bertz CT molecular complexity index is 578. The van der Waals surface area contributed by atoms with E-state index >= 15 is 0 Å². The molecule has 0 saturated carbocycles. The van der Waals surface area contributed by atoms with E-state index in [1.165, 1.54) is 0 Å². The van der Waals surface area contributed by atoms with Crippen molar-refractivity contribution >= 4 is 23.3 Å². The van der Waals surface area contributed by atoms with E-state index in [4.69, 9.17) is 0 Å². The summed E-state index contributed by atoms with van der Waals surface area (Å²) < 4.78 is 0. The summed E-state index contributed by atoms with van der Waals surface area (Å²) in [5.41, 5.74) is 2.41. The van der Waals surface area contributed by atoms with Gasteiger partial charge in [-0.15, -0.1) is 0 Å². The Kier molecular flexibility index (Phi) is 5.24. The van der Waals surface area contributed by atoms with E-state index in [9.17, 15) is 9.59 Å². The molecular formula is C16H23N3O2S. The first kappa shape index (κ1) is 16.5. The molecule has 5 nitrogen and oxygen atoms in total. The number of hydrogen-bond donors (Lipinski definition) is 2. The number of urea groups is 1. The maximum atomic E-state index is 13.0. The van der Waals surface area contributed by atoms with Crippen LogP contribution < -0.4 is 10.6 Å². The highest BCUT2D eigenvalue weighted by Crippen LogP contribution is 2.19. The van der Waals surface area contributed by atoms with Crippen LogP contribution in [0.15, 0.2) is 28.1 Å². The lowest BCUT2D eigenvalue weighted by atomic mass is 10.0. The SMILES string of the molecule is CC1=C(C(=O)N(Cc2ccsc2)CC(C)C)[C@@H](C)NC(=O)N1. The van der Waals surface area contributed by atoms with Crippen LogP contribution in [0.5, 0.6) is 0 Å². The number of nitrogens with one attached hydrogen (secondary N) is 2. The molecule has 0 saturated heterocycles. The molecule has 1 atom stereocenters. The average molecular weight is 321 g/mol. The lowest BCUT2D eigenvalue weighted by Gasteiger charge is -2.31. The van der Waals surface area contributed by atoms with Crippen LogP contribution in [0.1, 0.15) is 33.3 Å². The molecule has 0 bridgehead atoms. The Morgan fingerprint density at radius 1 is 1.45 bits per heavy atom. The molecular weight excluding hydrogens is 298 g/mol. The van der Waals surface area contributed by atoms with E-state index in [-0.39, 0.29) is 18.0 Å². The van der Waals surface area contributed by atoms with Gasteiger partial charge in [-0.05, 0) is 42.2 Å². The fraction of sp³-hybridized carbons (Fsp3) is 0.500. The Labute approximate surface area is 135 Å². The minimum atomic E-state index is -0.279. The summed E-state index contributed by atoms with van der Waals surface area (Å²) in [4.78, 5) is 26.3. The zero-order valence-electron chi connectivity index (χ0n) is 13.5. The number of carbonyl (C=O) groups excluding carboxylic acids is 2. The third kappa shape index (κ3) is 3.88. The molecule has 2 N–H and O–H groups in total. The highest BCUT2D eigenvalue weighted by Gasteiger charge is 2.30. The zero-order valence-corrected chi connectivity index (χ0v) is 14.3. The number of hydrogen-bond acceptors (Lipinski definition) is 3. The number of allylic oxidation sites excluding steroid dienone is 1. The van der Waals surface area contributed by atoms with Crippen molar-refractivity contribution in [1.29, 1.82) is 0 Å². The molecule has 0 unspecified atom stereocenters. The Morgan fingerprint density at radius 2 is 2.18 bits per heavy atom. The molecule has 120 valence electrons. The number of carbonyl (C=O) groups is 2. The number of amides is 3. The van der Waals surface area contributed by atoms with Gasteiger partial charge in [0, 0.05) is 18.8 Å². The van der Waals surface area contributed by atoms with Gasteiger partial charge in [-0.3, -0.25) is 4.79 Å². The molecule has 1 aliphatic rings. The van der Waals surface area contributed by atoms with E-state index < -0.39 is 0 Å². The molecule has 0 spiro atoms. The Balaban J connectivity index is 2.24. The molecule has 3 amide bonds. The molecule has 2 rings (SSSR count). The molecule has 6 heteroatoms. The predicted octanol–water partition coefficient (Wildman–Crippen LogP) is 2.71. The fourth-order valence-electron chi connectivity index (χ4n) is 2.65. The van der Waals surface area contributed by atoms with E-state index in [1.54, 1.807) is 18.3 Å². The Morgan fingerprint density at radius 3 is 2.73 bits per heavy atom. The fourth-order valence-corrected chi connectivity index (χ4v) is 3.31. The molecule has 0 aromatic carbocycles. The lowest BCUT2D eigenvalue weighted by Crippen LogP contribution is -2.51. The van der Waals surface area contributed by atoms with Crippen molar-refractivity contribution in [1.82, 2.24) is 15.5 Å². The molecule has 22 heavy (non-hydrogen) atoms. The van der Waals surface area contributed by atoms with Gasteiger partial charge in [0.1, 0.15) is 0 Å². The maximum Gasteiger partial charge on any atom is 0.319 e. The number of thiophene rings is 1. The van der Waals surface area contributed by atoms with Crippen molar-refractivity contribution in [3.63, 3.8) is 0 Å². The summed E-state index contributed by atoms with van der Waals surface area (Å²) in [6.07, 6.45) is 0.